The summed E-state index contributed by atoms with van der Waals surface area (Å²) in [5.74, 6) is 1.49. The van der Waals surface area contributed by atoms with Crippen LogP contribution in [0, 0.1) is 6.92 Å². The zero-order chi connectivity index (χ0) is 19.9. The van der Waals surface area contributed by atoms with Gasteiger partial charge in [-0.15, -0.1) is 0 Å². The summed E-state index contributed by atoms with van der Waals surface area (Å²) in [4.78, 5) is 18.5. The van der Waals surface area contributed by atoms with Crippen LogP contribution in [0.1, 0.15) is 26.5 Å². The molecule has 0 aliphatic carbocycles. The van der Waals surface area contributed by atoms with E-state index < -0.39 is 0 Å². The van der Waals surface area contributed by atoms with Crippen LogP contribution < -0.4 is 20.3 Å². The number of anilines is 4. The van der Waals surface area contributed by atoms with Gasteiger partial charge in [0.15, 0.2) is 6.61 Å². The maximum Gasteiger partial charge on any atom is 0.262 e. The van der Waals surface area contributed by atoms with E-state index in [2.05, 4.69) is 36.3 Å². The number of nitrogens with zero attached hydrogens (tertiary/aromatic N) is 2. The molecule has 0 radical (unpaired) electrons. The van der Waals surface area contributed by atoms with Crippen LogP contribution in [-0.4, -0.2) is 42.3 Å². The first-order valence-corrected chi connectivity index (χ1v) is 9.53. The number of aromatic nitrogens is 1. The van der Waals surface area contributed by atoms with Crippen LogP contribution in [0.15, 0.2) is 30.3 Å². The molecule has 1 amide bonds. The molecule has 0 spiro atoms. The standard InChI is InChI=1S/C21H26N4O3/c1-13-10-25(12-21(3,4)28-13)19-8-7-16(14(2)22-19)23-15-5-6-17-18(9-15)27-11-20(26)24-17/h5-9,13,23H,10-12H2,1-4H3,(H,24,26). The molecule has 1 saturated heterocycles. The van der Waals surface area contributed by atoms with Gasteiger partial charge in [-0.1, -0.05) is 0 Å². The number of ether oxygens (including phenoxy) is 2. The van der Waals surface area contributed by atoms with Gasteiger partial charge in [-0.2, -0.15) is 0 Å². The normalized spacial score (nSPS) is 20.8. The van der Waals surface area contributed by atoms with Crippen LogP contribution in [0.25, 0.3) is 0 Å². The summed E-state index contributed by atoms with van der Waals surface area (Å²) in [5.41, 5.74) is 3.23. The second-order valence-electron chi connectivity index (χ2n) is 8.04. The molecule has 2 aromatic rings. The van der Waals surface area contributed by atoms with E-state index in [1.807, 2.05) is 37.3 Å². The fourth-order valence-electron chi connectivity index (χ4n) is 3.79. The Balaban J connectivity index is 1.52. The lowest BCUT2D eigenvalue weighted by molar-refractivity contribution is -0.118. The van der Waals surface area contributed by atoms with E-state index >= 15 is 0 Å². The molecule has 7 heteroatoms. The lowest BCUT2D eigenvalue weighted by Gasteiger charge is -2.42. The van der Waals surface area contributed by atoms with E-state index in [9.17, 15) is 4.79 Å². The van der Waals surface area contributed by atoms with Gasteiger partial charge in [0.1, 0.15) is 11.6 Å². The number of pyridine rings is 1. The number of nitrogens with one attached hydrogen (secondary N) is 2. The molecule has 1 unspecified atom stereocenters. The molecule has 1 aromatic carbocycles. The minimum absolute atomic E-state index is 0.0417. The Bertz CT molecular complexity index is 913. The third-order valence-electron chi connectivity index (χ3n) is 4.86. The number of benzene rings is 1. The van der Waals surface area contributed by atoms with Crippen molar-refractivity contribution in [1.82, 2.24) is 4.98 Å². The van der Waals surface area contributed by atoms with Crippen molar-refractivity contribution < 1.29 is 14.3 Å². The van der Waals surface area contributed by atoms with E-state index in [1.54, 1.807) is 0 Å². The zero-order valence-corrected chi connectivity index (χ0v) is 16.7. The van der Waals surface area contributed by atoms with Crippen molar-refractivity contribution in [1.29, 1.82) is 0 Å². The van der Waals surface area contributed by atoms with Crippen molar-refractivity contribution in [3.8, 4) is 5.75 Å². The highest BCUT2D eigenvalue weighted by Crippen LogP contribution is 2.33. The third kappa shape index (κ3) is 3.89. The minimum atomic E-state index is -0.192. The van der Waals surface area contributed by atoms with E-state index in [-0.39, 0.29) is 24.2 Å². The van der Waals surface area contributed by atoms with Gasteiger partial charge in [0, 0.05) is 24.8 Å². The van der Waals surface area contributed by atoms with Crippen molar-refractivity contribution in [3.63, 3.8) is 0 Å². The number of hydrogen-bond donors (Lipinski definition) is 2. The second-order valence-corrected chi connectivity index (χ2v) is 8.04. The van der Waals surface area contributed by atoms with Gasteiger partial charge in [-0.3, -0.25) is 4.79 Å². The van der Waals surface area contributed by atoms with Gasteiger partial charge in [0.2, 0.25) is 0 Å². The molecule has 7 nitrogen and oxygen atoms in total. The largest absolute Gasteiger partial charge is 0.482 e. The van der Waals surface area contributed by atoms with E-state index in [0.717, 1.165) is 36.0 Å². The fourth-order valence-corrected chi connectivity index (χ4v) is 3.79. The maximum absolute atomic E-state index is 11.4. The molecule has 28 heavy (non-hydrogen) atoms. The summed E-state index contributed by atoms with van der Waals surface area (Å²) in [6.45, 7) is 9.99. The minimum Gasteiger partial charge on any atom is -0.482 e. The molecule has 0 saturated carbocycles. The lowest BCUT2D eigenvalue weighted by atomic mass is 10.1. The van der Waals surface area contributed by atoms with Crippen LogP contribution >= 0.6 is 0 Å². The van der Waals surface area contributed by atoms with Gasteiger partial charge >= 0.3 is 0 Å². The SMILES string of the molecule is Cc1nc(N2CC(C)OC(C)(C)C2)ccc1Nc1ccc2c(c1)OCC(=O)N2. The summed E-state index contributed by atoms with van der Waals surface area (Å²) in [6.07, 6.45) is 0.166. The second kappa shape index (κ2) is 6.98. The zero-order valence-electron chi connectivity index (χ0n) is 16.7. The summed E-state index contributed by atoms with van der Waals surface area (Å²) in [5, 5.41) is 6.19. The number of carbonyl (C=O) groups excluding carboxylic acids is 1. The highest BCUT2D eigenvalue weighted by molar-refractivity contribution is 5.95. The molecule has 1 aromatic heterocycles. The topological polar surface area (TPSA) is 75.7 Å². The lowest BCUT2D eigenvalue weighted by Crippen LogP contribution is -2.52. The molecule has 2 N–H and O–H groups in total. The first-order valence-electron chi connectivity index (χ1n) is 9.53. The summed E-state index contributed by atoms with van der Waals surface area (Å²) < 4.78 is 11.5. The summed E-state index contributed by atoms with van der Waals surface area (Å²) in [7, 11) is 0. The molecule has 1 atom stereocenters. The van der Waals surface area contributed by atoms with E-state index in [1.165, 1.54) is 0 Å². The molecular formula is C21H26N4O3. The molecule has 0 bridgehead atoms. The van der Waals surface area contributed by atoms with Crippen molar-refractivity contribution in [2.24, 2.45) is 0 Å². The molecule has 3 heterocycles. The molecule has 2 aliphatic heterocycles. The molecule has 2 aliphatic rings. The predicted molar refractivity (Wildman–Crippen MR) is 110 cm³/mol. The highest BCUT2D eigenvalue weighted by Gasteiger charge is 2.32. The van der Waals surface area contributed by atoms with E-state index in [4.69, 9.17) is 14.5 Å². The number of hydrogen-bond acceptors (Lipinski definition) is 6. The van der Waals surface area contributed by atoms with E-state index in [0.29, 0.717) is 11.4 Å². The Hall–Kier alpha value is -2.80. The molecule has 4 rings (SSSR count). The van der Waals surface area contributed by atoms with Gasteiger partial charge in [0.25, 0.3) is 5.91 Å². The first-order chi connectivity index (χ1) is 13.3. The Morgan fingerprint density at radius 1 is 1.29 bits per heavy atom. The van der Waals surface area contributed by atoms with Gasteiger partial charge in [-0.05, 0) is 52.0 Å². The number of fused-ring (bicyclic) bond motifs is 1. The number of carbonyl (C=O) groups is 1. The highest BCUT2D eigenvalue weighted by atomic mass is 16.5. The van der Waals surface area contributed by atoms with Gasteiger partial charge < -0.3 is 25.0 Å². The van der Waals surface area contributed by atoms with Gasteiger partial charge in [0.05, 0.1) is 28.8 Å². The van der Waals surface area contributed by atoms with Crippen LogP contribution in [0.3, 0.4) is 0 Å². The molecule has 148 valence electrons. The molecule has 1 fully saturated rings. The average molecular weight is 382 g/mol. The Morgan fingerprint density at radius 2 is 2.11 bits per heavy atom. The third-order valence-corrected chi connectivity index (χ3v) is 4.86. The predicted octanol–water partition coefficient (Wildman–Crippen LogP) is 3.47. The quantitative estimate of drug-likeness (QED) is 0.847. The number of morpholine rings is 1. The van der Waals surface area contributed by atoms with Crippen molar-refractivity contribution >= 4 is 28.8 Å². The first kappa shape index (κ1) is 18.6. The number of aryl methyl sites for hydroxylation is 1. The van der Waals surface area contributed by atoms with Crippen molar-refractivity contribution in [2.45, 2.75) is 39.4 Å². The van der Waals surface area contributed by atoms with Crippen molar-refractivity contribution in [3.05, 3.63) is 36.0 Å². The Morgan fingerprint density at radius 3 is 2.86 bits per heavy atom. The smallest absolute Gasteiger partial charge is 0.262 e. The monoisotopic (exact) mass is 382 g/mol. The summed E-state index contributed by atoms with van der Waals surface area (Å²) in [6, 6.07) is 9.72. The summed E-state index contributed by atoms with van der Waals surface area (Å²) >= 11 is 0. The number of rotatable bonds is 3. The van der Waals surface area contributed by atoms with Gasteiger partial charge in [-0.25, -0.2) is 4.98 Å². The molecular weight excluding hydrogens is 356 g/mol. The number of amides is 1. The van der Waals surface area contributed by atoms with Crippen LogP contribution in [0.2, 0.25) is 0 Å². The van der Waals surface area contributed by atoms with Crippen LogP contribution in [0.4, 0.5) is 22.9 Å². The maximum atomic E-state index is 11.4. The van der Waals surface area contributed by atoms with Crippen LogP contribution in [-0.2, 0) is 9.53 Å². The Kier molecular flexibility index (Phi) is 4.63. The fraction of sp³-hybridized carbons (Fsp3) is 0.429. The Labute approximate surface area is 165 Å². The van der Waals surface area contributed by atoms with Crippen molar-refractivity contribution in [2.75, 3.05) is 35.2 Å². The van der Waals surface area contributed by atoms with Crippen LogP contribution in [0.5, 0.6) is 5.75 Å². The average Bonchev–Trinajstić information content (AvgIpc) is 2.62.